The molecule has 0 radical (unpaired) electrons. The summed E-state index contributed by atoms with van der Waals surface area (Å²) in [5.41, 5.74) is 2.07. The van der Waals surface area contributed by atoms with E-state index in [1.165, 1.54) is 84.6 Å². The molecule has 7 heteroatoms. The fraction of sp³-hybridized carbons (Fsp3) is 0.857. The van der Waals surface area contributed by atoms with Gasteiger partial charge in [0.25, 0.3) is 10.1 Å². The van der Waals surface area contributed by atoms with E-state index in [1.54, 1.807) is 0 Å². The minimum atomic E-state index is -3.28. The average Bonchev–Trinajstić information content (AvgIpc) is 2.65. The number of hydrogen-bond donors (Lipinski definition) is 2. The molecule has 0 aliphatic rings. The van der Waals surface area contributed by atoms with E-state index in [4.69, 9.17) is 5.11 Å². The molecule has 6 nitrogen and oxygen atoms in total. The Bertz CT molecular complexity index is 463. The van der Waals surface area contributed by atoms with Crippen LogP contribution in [0.3, 0.4) is 0 Å². The molecule has 0 aromatic carbocycles. The normalized spacial score (nSPS) is 11.4. The Labute approximate surface area is 173 Å². The number of carboxylic acid groups (broad SMARTS) is 1. The molecule has 0 unspecified atom stereocenters. The highest BCUT2D eigenvalue weighted by Crippen LogP contribution is 2.09. The molecule has 0 aliphatic carbocycles. The highest BCUT2D eigenvalue weighted by atomic mass is 32.2. The highest BCUT2D eigenvalue weighted by Gasteiger charge is 2.03. The molecule has 0 heterocycles. The second kappa shape index (κ2) is 22.4. The van der Waals surface area contributed by atoms with Gasteiger partial charge in [0.15, 0.2) is 0 Å². The van der Waals surface area contributed by atoms with Crippen molar-refractivity contribution >= 4 is 16.1 Å². The number of hydroxylamine groups is 1. The number of rotatable bonds is 18. The summed E-state index contributed by atoms with van der Waals surface area (Å²) in [6.45, 7) is 3.77. The molecule has 0 aromatic heterocycles. The summed E-state index contributed by atoms with van der Waals surface area (Å²) in [5.74, 6) is -0.670. The summed E-state index contributed by atoms with van der Waals surface area (Å²) < 4.78 is 24.7. The van der Waals surface area contributed by atoms with E-state index in [2.05, 4.69) is 28.8 Å². The predicted molar refractivity (Wildman–Crippen MR) is 117 cm³/mol. The maximum absolute atomic E-state index is 10.3. The van der Waals surface area contributed by atoms with Gasteiger partial charge in [0, 0.05) is 13.5 Å². The van der Waals surface area contributed by atoms with E-state index in [0.717, 1.165) is 12.8 Å². The maximum atomic E-state index is 10.3. The lowest BCUT2D eigenvalue weighted by Gasteiger charge is -1.99. The zero-order valence-corrected chi connectivity index (χ0v) is 19.1. The number of allylic oxidation sites excluding steroid dienone is 2. The van der Waals surface area contributed by atoms with Gasteiger partial charge >= 0.3 is 5.97 Å². The van der Waals surface area contributed by atoms with Crippen molar-refractivity contribution in [1.29, 1.82) is 0 Å². The van der Waals surface area contributed by atoms with Crippen LogP contribution < -0.4 is 5.48 Å². The van der Waals surface area contributed by atoms with E-state index >= 15 is 0 Å². The first-order chi connectivity index (χ1) is 13.4. The van der Waals surface area contributed by atoms with Crippen LogP contribution in [0, 0.1) is 0 Å². The average molecular weight is 422 g/mol. The van der Waals surface area contributed by atoms with Gasteiger partial charge in [0.2, 0.25) is 0 Å². The Morgan fingerprint density at radius 2 is 1.32 bits per heavy atom. The summed E-state index contributed by atoms with van der Waals surface area (Å²) in [6, 6.07) is 0. The summed E-state index contributed by atoms with van der Waals surface area (Å²) in [6.07, 6.45) is 21.2. The van der Waals surface area contributed by atoms with Gasteiger partial charge in [-0.15, -0.1) is 0 Å². The zero-order valence-electron chi connectivity index (χ0n) is 18.2. The Hall–Kier alpha value is -0.920. The van der Waals surface area contributed by atoms with Crippen LogP contribution in [-0.2, 0) is 19.2 Å². The van der Waals surface area contributed by atoms with Crippen molar-refractivity contribution in [3.05, 3.63) is 12.2 Å². The molecule has 0 atom stereocenters. The van der Waals surface area contributed by atoms with Crippen LogP contribution in [0.25, 0.3) is 0 Å². The molecule has 2 N–H and O–H groups in total. The Kier molecular flexibility index (Phi) is 23.4. The Morgan fingerprint density at radius 3 is 1.71 bits per heavy atom. The van der Waals surface area contributed by atoms with Crippen molar-refractivity contribution in [3.63, 3.8) is 0 Å². The molecule has 28 heavy (non-hydrogen) atoms. The van der Waals surface area contributed by atoms with Gasteiger partial charge in [-0.05, 0) is 39.0 Å². The SMILES string of the molecule is CCCCCCCC/C=C\CCCCCCCC(=O)O.CCS(=O)(=O)ONC. The number of hydrogen-bond acceptors (Lipinski definition) is 5. The minimum Gasteiger partial charge on any atom is -0.481 e. The first-order valence-corrected chi connectivity index (χ1v) is 12.4. The molecule has 0 rings (SSSR count). The molecule has 0 amide bonds. The highest BCUT2D eigenvalue weighted by molar-refractivity contribution is 7.86. The van der Waals surface area contributed by atoms with Gasteiger partial charge in [-0.2, -0.15) is 18.2 Å². The summed E-state index contributed by atoms with van der Waals surface area (Å²) in [5, 5.41) is 8.51. The topological polar surface area (TPSA) is 92.7 Å². The number of carboxylic acids is 1. The number of aliphatic carboxylic acids is 1. The molecule has 0 saturated carbocycles. The van der Waals surface area contributed by atoms with E-state index in [0.29, 0.717) is 6.42 Å². The lowest BCUT2D eigenvalue weighted by atomic mass is 10.1. The van der Waals surface area contributed by atoms with Crippen molar-refractivity contribution in [3.8, 4) is 0 Å². The molecular formula is C21H43NO5S. The summed E-state index contributed by atoms with van der Waals surface area (Å²) >= 11 is 0. The van der Waals surface area contributed by atoms with Crippen molar-refractivity contribution < 1.29 is 22.6 Å². The summed E-state index contributed by atoms with van der Waals surface area (Å²) in [4.78, 5) is 10.3. The van der Waals surface area contributed by atoms with Crippen LogP contribution in [0.5, 0.6) is 0 Å². The van der Waals surface area contributed by atoms with Crippen LogP contribution in [0.4, 0.5) is 0 Å². The third-order valence-electron chi connectivity index (χ3n) is 4.22. The Morgan fingerprint density at radius 1 is 0.857 bits per heavy atom. The quantitative estimate of drug-likeness (QED) is 0.170. The number of nitrogens with one attached hydrogen (secondary N) is 1. The van der Waals surface area contributed by atoms with Crippen molar-refractivity contribution in [2.45, 2.75) is 104 Å². The van der Waals surface area contributed by atoms with Gasteiger partial charge in [-0.3, -0.25) is 4.79 Å². The van der Waals surface area contributed by atoms with Crippen molar-refractivity contribution in [2.24, 2.45) is 0 Å². The van der Waals surface area contributed by atoms with E-state index < -0.39 is 16.1 Å². The van der Waals surface area contributed by atoms with Crippen molar-refractivity contribution in [1.82, 2.24) is 5.48 Å². The van der Waals surface area contributed by atoms with Gasteiger partial charge in [0.1, 0.15) is 0 Å². The van der Waals surface area contributed by atoms with Crippen molar-refractivity contribution in [2.75, 3.05) is 12.8 Å². The maximum Gasteiger partial charge on any atom is 0.303 e. The van der Waals surface area contributed by atoms with Gasteiger partial charge in [-0.1, -0.05) is 70.4 Å². The smallest absolute Gasteiger partial charge is 0.303 e. The van der Waals surface area contributed by atoms with Crippen LogP contribution in [0.2, 0.25) is 0 Å². The molecular weight excluding hydrogens is 378 g/mol. The van der Waals surface area contributed by atoms with E-state index in [-0.39, 0.29) is 5.75 Å². The van der Waals surface area contributed by atoms with Crippen LogP contribution in [0.1, 0.15) is 104 Å². The fourth-order valence-electron chi connectivity index (χ4n) is 2.53. The van der Waals surface area contributed by atoms with Gasteiger partial charge < -0.3 is 5.11 Å². The second-order valence-electron chi connectivity index (χ2n) is 6.86. The lowest BCUT2D eigenvalue weighted by molar-refractivity contribution is -0.137. The van der Waals surface area contributed by atoms with Crippen LogP contribution >= 0.6 is 0 Å². The summed E-state index contributed by atoms with van der Waals surface area (Å²) in [7, 11) is -1.88. The monoisotopic (exact) mass is 421 g/mol. The van der Waals surface area contributed by atoms with Crippen LogP contribution in [-0.4, -0.2) is 32.3 Å². The van der Waals surface area contributed by atoms with E-state index in [9.17, 15) is 13.2 Å². The lowest BCUT2D eigenvalue weighted by Crippen LogP contribution is -2.16. The first kappa shape index (κ1) is 29.3. The molecule has 0 saturated heterocycles. The number of carbonyl (C=O) groups is 1. The number of unbranched alkanes of at least 4 members (excludes halogenated alkanes) is 11. The molecule has 0 fully saturated rings. The standard InChI is InChI=1S/C18H34O2.C3H9NO3S/c1-2-3-4-5-6-7-8-9-10-11-12-13-14-15-16-17-18(19)20;1-3-8(5,6)7-4-2/h9-10H,2-8,11-17H2,1H3,(H,19,20);4H,3H2,1-2H3/b10-9-;. The van der Waals surface area contributed by atoms with E-state index in [1.807, 2.05) is 0 Å². The Balaban J connectivity index is 0. The zero-order chi connectivity index (χ0) is 21.5. The molecule has 168 valence electrons. The van der Waals surface area contributed by atoms with Gasteiger partial charge in [-0.25, -0.2) is 0 Å². The third kappa shape index (κ3) is 27.3. The minimum absolute atomic E-state index is 0.00611. The molecule has 0 aliphatic heterocycles. The molecule has 0 bridgehead atoms. The second-order valence-corrected chi connectivity index (χ2v) is 8.72. The predicted octanol–water partition coefficient (Wildman–Crippen LogP) is 5.60. The largest absolute Gasteiger partial charge is 0.481 e. The molecule has 0 spiro atoms. The fourth-order valence-corrected chi connectivity index (χ4v) is 2.90. The van der Waals surface area contributed by atoms with Crippen LogP contribution in [0.15, 0.2) is 12.2 Å². The van der Waals surface area contributed by atoms with Gasteiger partial charge in [0.05, 0.1) is 5.75 Å². The third-order valence-corrected chi connectivity index (χ3v) is 5.34. The first-order valence-electron chi connectivity index (χ1n) is 10.8. The molecule has 0 aromatic rings.